The Morgan fingerprint density at radius 3 is 2.52 bits per heavy atom. The van der Waals surface area contributed by atoms with Crippen molar-refractivity contribution in [1.82, 2.24) is 15.2 Å². The molecule has 0 aromatic carbocycles. The van der Waals surface area contributed by atoms with Gasteiger partial charge >= 0.3 is 12.0 Å². The van der Waals surface area contributed by atoms with E-state index in [0.29, 0.717) is 25.2 Å². The van der Waals surface area contributed by atoms with Crippen LogP contribution < -0.4 is 10.2 Å². The monoisotopic (exact) mass is 318 g/mol. The summed E-state index contributed by atoms with van der Waals surface area (Å²) in [5.74, 6) is -0.440. The third-order valence-electron chi connectivity index (χ3n) is 3.55. The van der Waals surface area contributed by atoms with E-state index in [0.717, 1.165) is 18.8 Å². The fraction of sp³-hybridized carbons (Fsp3) is 0.438. The quantitative estimate of drug-likeness (QED) is 0.499. The lowest BCUT2D eigenvalue weighted by Crippen LogP contribution is -2.52. The Kier molecular flexibility index (Phi) is 5.96. The van der Waals surface area contributed by atoms with Crippen LogP contribution in [0.25, 0.3) is 0 Å². The zero-order valence-electron chi connectivity index (χ0n) is 13.3. The van der Waals surface area contributed by atoms with Crippen molar-refractivity contribution in [3.63, 3.8) is 0 Å². The number of carbonyl (C=O) groups is 2. The summed E-state index contributed by atoms with van der Waals surface area (Å²) in [6, 6.07) is 3.79. The SMILES string of the molecule is C=C(C)C(=O)OCCNC(=O)N1CCN(c2ccncc2)CC1. The molecule has 124 valence electrons. The number of urea groups is 1. The van der Waals surface area contributed by atoms with Gasteiger partial charge in [-0.05, 0) is 19.1 Å². The first-order valence-corrected chi connectivity index (χ1v) is 7.58. The summed E-state index contributed by atoms with van der Waals surface area (Å²) in [6.07, 6.45) is 3.53. The predicted molar refractivity (Wildman–Crippen MR) is 87.2 cm³/mol. The van der Waals surface area contributed by atoms with Gasteiger partial charge in [-0.15, -0.1) is 0 Å². The normalized spacial score (nSPS) is 14.3. The maximum atomic E-state index is 12.0. The Hall–Kier alpha value is -2.57. The third kappa shape index (κ3) is 4.98. The van der Waals surface area contributed by atoms with E-state index in [1.807, 2.05) is 12.1 Å². The van der Waals surface area contributed by atoms with E-state index >= 15 is 0 Å². The number of carbonyl (C=O) groups excluding carboxylic acids is 2. The predicted octanol–water partition coefficient (Wildman–Crippen LogP) is 1.03. The Balaban J connectivity index is 1.68. The molecule has 1 saturated heterocycles. The number of amides is 2. The molecule has 1 aliphatic heterocycles. The van der Waals surface area contributed by atoms with Crippen LogP contribution in [0.4, 0.5) is 10.5 Å². The van der Waals surface area contributed by atoms with E-state index in [1.165, 1.54) is 0 Å². The average Bonchev–Trinajstić information content (AvgIpc) is 2.59. The van der Waals surface area contributed by atoms with Crippen molar-refractivity contribution in [2.24, 2.45) is 0 Å². The van der Waals surface area contributed by atoms with Crippen LogP contribution >= 0.6 is 0 Å². The second-order valence-corrected chi connectivity index (χ2v) is 5.33. The van der Waals surface area contributed by atoms with Crippen molar-refractivity contribution in [3.05, 3.63) is 36.7 Å². The van der Waals surface area contributed by atoms with E-state index < -0.39 is 5.97 Å². The smallest absolute Gasteiger partial charge is 0.333 e. The number of anilines is 1. The van der Waals surface area contributed by atoms with Gasteiger partial charge in [-0.25, -0.2) is 9.59 Å². The molecule has 23 heavy (non-hydrogen) atoms. The summed E-state index contributed by atoms with van der Waals surface area (Å²) in [7, 11) is 0. The van der Waals surface area contributed by atoms with Crippen LogP contribution in [0.5, 0.6) is 0 Å². The van der Waals surface area contributed by atoms with Crippen LogP contribution in [0.1, 0.15) is 6.92 Å². The molecule has 0 unspecified atom stereocenters. The molecule has 1 aromatic heterocycles. The Labute approximate surface area is 135 Å². The number of aromatic nitrogens is 1. The number of nitrogens with zero attached hydrogens (tertiary/aromatic N) is 3. The van der Waals surface area contributed by atoms with Crippen molar-refractivity contribution < 1.29 is 14.3 Å². The number of pyridine rings is 1. The van der Waals surface area contributed by atoms with Crippen molar-refractivity contribution in [2.75, 3.05) is 44.2 Å². The molecule has 0 atom stereocenters. The van der Waals surface area contributed by atoms with Crippen LogP contribution in [0.2, 0.25) is 0 Å². The zero-order chi connectivity index (χ0) is 16.7. The number of ether oxygens (including phenoxy) is 1. The Morgan fingerprint density at radius 2 is 1.91 bits per heavy atom. The summed E-state index contributed by atoms with van der Waals surface area (Å²) in [6.45, 7) is 8.39. The van der Waals surface area contributed by atoms with Gasteiger partial charge in [0.25, 0.3) is 0 Å². The summed E-state index contributed by atoms with van der Waals surface area (Å²) >= 11 is 0. The lowest BCUT2D eigenvalue weighted by Gasteiger charge is -2.36. The molecule has 1 N–H and O–H groups in total. The van der Waals surface area contributed by atoms with E-state index in [1.54, 1.807) is 24.2 Å². The first kappa shape index (κ1) is 16.8. The van der Waals surface area contributed by atoms with Crippen LogP contribution in [0.15, 0.2) is 36.7 Å². The number of nitrogens with one attached hydrogen (secondary N) is 1. The molecule has 1 fully saturated rings. The largest absolute Gasteiger partial charge is 0.460 e. The molecule has 0 aliphatic carbocycles. The molecule has 1 aromatic rings. The van der Waals surface area contributed by atoms with E-state index in [2.05, 4.69) is 21.8 Å². The molecule has 0 radical (unpaired) electrons. The van der Waals surface area contributed by atoms with Crippen LogP contribution in [-0.2, 0) is 9.53 Å². The van der Waals surface area contributed by atoms with Gasteiger partial charge in [-0.3, -0.25) is 4.98 Å². The number of hydrogen-bond acceptors (Lipinski definition) is 5. The molecule has 1 aliphatic rings. The molecular formula is C16H22N4O3. The Bertz CT molecular complexity index is 554. The van der Waals surface area contributed by atoms with Gasteiger partial charge in [0.05, 0.1) is 6.54 Å². The van der Waals surface area contributed by atoms with Gasteiger partial charge in [0, 0.05) is 49.8 Å². The highest BCUT2D eigenvalue weighted by molar-refractivity contribution is 5.86. The van der Waals surface area contributed by atoms with Crippen molar-refractivity contribution in [2.45, 2.75) is 6.92 Å². The second-order valence-electron chi connectivity index (χ2n) is 5.33. The fourth-order valence-corrected chi connectivity index (χ4v) is 2.26. The van der Waals surface area contributed by atoms with Gasteiger partial charge in [-0.1, -0.05) is 6.58 Å². The minimum atomic E-state index is -0.440. The lowest BCUT2D eigenvalue weighted by molar-refractivity contribution is -0.138. The van der Waals surface area contributed by atoms with Crippen molar-refractivity contribution >= 4 is 17.7 Å². The molecule has 2 rings (SSSR count). The highest BCUT2D eigenvalue weighted by Crippen LogP contribution is 2.14. The molecule has 0 spiro atoms. The van der Waals surface area contributed by atoms with Crippen LogP contribution in [-0.4, -0.2) is 61.2 Å². The minimum absolute atomic E-state index is 0.134. The highest BCUT2D eigenvalue weighted by atomic mass is 16.5. The molecule has 7 nitrogen and oxygen atoms in total. The van der Waals surface area contributed by atoms with Crippen molar-refractivity contribution in [3.8, 4) is 0 Å². The molecule has 2 amide bonds. The van der Waals surface area contributed by atoms with Gasteiger partial charge in [0.2, 0.25) is 0 Å². The van der Waals surface area contributed by atoms with Crippen LogP contribution in [0, 0.1) is 0 Å². The topological polar surface area (TPSA) is 74.8 Å². The van der Waals surface area contributed by atoms with Gasteiger partial charge in [-0.2, -0.15) is 0 Å². The van der Waals surface area contributed by atoms with Gasteiger partial charge < -0.3 is 19.9 Å². The van der Waals surface area contributed by atoms with E-state index in [4.69, 9.17) is 4.74 Å². The summed E-state index contributed by atoms with van der Waals surface area (Å²) in [5, 5.41) is 2.75. The van der Waals surface area contributed by atoms with Crippen molar-refractivity contribution in [1.29, 1.82) is 0 Å². The Morgan fingerprint density at radius 1 is 1.26 bits per heavy atom. The third-order valence-corrected chi connectivity index (χ3v) is 3.55. The molecular weight excluding hydrogens is 296 g/mol. The summed E-state index contributed by atoms with van der Waals surface area (Å²) in [5.41, 5.74) is 1.47. The standard InChI is InChI=1S/C16H22N4O3/c1-13(2)15(21)23-12-7-18-16(22)20-10-8-19(9-11-20)14-3-5-17-6-4-14/h3-6H,1,7-12H2,2H3,(H,18,22). The fourth-order valence-electron chi connectivity index (χ4n) is 2.26. The van der Waals surface area contributed by atoms with Crippen LogP contribution in [0.3, 0.4) is 0 Å². The molecule has 2 heterocycles. The number of hydrogen-bond donors (Lipinski definition) is 1. The molecule has 7 heteroatoms. The maximum absolute atomic E-state index is 12.0. The maximum Gasteiger partial charge on any atom is 0.333 e. The van der Waals surface area contributed by atoms with E-state index in [-0.39, 0.29) is 12.6 Å². The van der Waals surface area contributed by atoms with Gasteiger partial charge in [0.15, 0.2) is 0 Å². The number of rotatable bonds is 5. The first-order valence-electron chi connectivity index (χ1n) is 7.58. The van der Waals surface area contributed by atoms with Gasteiger partial charge in [0.1, 0.15) is 6.61 Å². The molecule has 0 saturated carbocycles. The van der Waals surface area contributed by atoms with E-state index in [9.17, 15) is 9.59 Å². The zero-order valence-corrected chi connectivity index (χ0v) is 13.3. The average molecular weight is 318 g/mol. The lowest BCUT2D eigenvalue weighted by atomic mass is 10.3. The summed E-state index contributed by atoms with van der Waals surface area (Å²) in [4.78, 5) is 31.2. The minimum Gasteiger partial charge on any atom is -0.460 e. The summed E-state index contributed by atoms with van der Waals surface area (Å²) < 4.78 is 4.93. The highest BCUT2D eigenvalue weighted by Gasteiger charge is 2.20. The number of esters is 1. The number of piperazine rings is 1. The molecule has 0 bridgehead atoms. The first-order chi connectivity index (χ1) is 11.1. The second kappa shape index (κ2) is 8.17.